The van der Waals surface area contributed by atoms with Gasteiger partial charge in [-0.3, -0.25) is 4.90 Å². The Morgan fingerprint density at radius 3 is 2.48 bits per heavy atom. The summed E-state index contributed by atoms with van der Waals surface area (Å²) < 4.78 is 5.74. The van der Waals surface area contributed by atoms with Gasteiger partial charge in [0, 0.05) is 38.9 Å². The average Bonchev–Trinajstić information content (AvgIpc) is 2.65. The van der Waals surface area contributed by atoms with Crippen LogP contribution in [0.25, 0.3) is 0 Å². The number of hydrogen-bond donors (Lipinski definition) is 0. The van der Waals surface area contributed by atoms with Crippen LogP contribution >= 0.6 is 23.2 Å². The number of aromatic nitrogens is 1. The van der Waals surface area contributed by atoms with Crippen LogP contribution in [0.5, 0.6) is 5.75 Å². The molecule has 5 nitrogen and oxygen atoms in total. The summed E-state index contributed by atoms with van der Waals surface area (Å²) in [5.41, 5.74) is 0.618. The lowest BCUT2D eigenvalue weighted by atomic mass is 10.2. The number of piperazine rings is 1. The van der Waals surface area contributed by atoms with Gasteiger partial charge in [-0.05, 0) is 24.3 Å². The van der Waals surface area contributed by atoms with Crippen LogP contribution in [0.4, 0.5) is 5.82 Å². The summed E-state index contributed by atoms with van der Waals surface area (Å²) in [5.74, 6) is 1.31. The van der Waals surface area contributed by atoms with E-state index in [9.17, 15) is 5.26 Å². The van der Waals surface area contributed by atoms with Crippen LogP contribution in [0.3, 0.4) is 0 Å². The first-order chi connectivity index (χ1) is 12.2. The summed E-state index contributed by atoms with van der Waals surface area (Å²) in [4.78, 5) is 8.82. The summed E-state index contributed by atoms with van der Waals surface area (Å²) in [5, 5.41) is 10.3. The standard InChI is InChI=1S/C18H18Cl2N4O/c19-15-4-1-5-16(20)17(15)25-12-11-23-7-9-24(10-8-23)18-14(13-21)3-2-6-22-18/h1-6H,7-12H2. The maximum absolute atomic E-state index is 9.21. The number of anilines is 1. The molecule has 1 aliphatic heterocycles. The molecule has 7 heteroatoms. The zero-order valence-corrected chi connectivity index (χ0v) is 15.2. The third-order valence-electron chi connectivity index (χ3n) is 4.15. The summed E-state index contributed by atoms with van der Waals surface area (Å²) in [6.07, 6.45) is 1.73. The van der Waals surface area contributed by atoms with Gasteiger partial charge in [-0.25, -0.2) is 4.98 Å². The fourth-order valence-electron chi connectivity index (χ4n) is 2.82. The Labute approximate surface area is 157 Å². The number of pyridine rings is 1. The van der Waals surface area contributed by atoms with Gasteiger partial charge in [0.25, 0.3) is 0 Å². The number of nitriles is 1. The molecule has 25 heavy (non-hydrogen) atoms. The van der Waals surface area contributed by atoms with Crippen molar-refractivity contribution in [2.45, 2.75) is 0 Å². The highest BCUT2D eigenvalue weighted by molar-refractivity contribution is 6.37. The molecule has 3 rings (SSSR count). The molecule has 0 spiro atoms. The summed E-state index contributed by atoms with van der Waals surface area (Å²) in [7, 11) is 0. The third kappa shape index (κ3) is 4.35. The monoisotopic (exact) mass is 376 g/mol. The largest absolute Gasteiger partial charge is 0.489 e. The van der Waals surface area contributed by atoms with Crippen molar-refractivity contribution in [3.05, 3.63) is 52.1 Å². The number of hydrogen-bond acceptors (Lipinski definition) is 5. The van der Waals surface area contributed by atoms with Crippen molar-refractivity contribution in [3.8, 4) is 11.8 Å². The predicted molar refractivity (Wildman–Crippen MR) is 99.6 cm³/mol. The van der Waals surface area contributed by atoms with Crippen LogP contribution in [-0.4, -0.2) is 49.2 Å². The minimum atomic E-state index is 0.524. The van der Waals surface area contributed by atoms with E-state index in [0.717, 1.165) is 38.5 Å². The number of nitrogens with zero attached hydrogens (tertiary/aromatic N) is 4. The van der Waals surface area contributed by atoms with Crippen LogP contribution in [-0.2, 0) is 0 Å². The topological polar surface area (TPSA) is 52.4 Å². The van der Waals surface area contributed by atoms with Crippen LogP contribution in [0, 0.1) is 11.3 Å². The molecule has 0 unspecified atom stereocenters. The molecule has 130 valence electrons. The first kappa shape index (κ1) is 17.8. The lowest BCUT2D eigenvalue weighted by Gasteiger charge is -2.35. The van der Waals surface area contributed by atoms with Crippen LogP contribution in [0.15, 0.2) is 36.5 Å². The van der Waals surface area contributed by atoms with E-state index < -0.39 is 0 Å². The SMILES string of the molecule is N#Cc1cccnc1N1CCN(CCOc2c(Cl)cccc2Cl)CC1. The first-order valence-corrected chi connectivity index (χ1v) is 8.84. The highest BCUT2D eigenvalue weighted by Crippen LogP contribution is 2.32. The molecule has 1 saturated heterocycles. The Morgan fingerprint density at radius 1 is 1.08 bits per heavy atom. The minimum Gasteiger partial charge on any atom is -0.489 e. The fourth-order valence-corrected chi connectivity index (χ4v) is 3.32. The van der Waals surface area contributed by atoms with Crippen LogP contribution < -0.4 is 9.64 Å². The van der Waals surface area contributed by atoms with Crippen LogP contribution in [0.1, 0.15) is 5.56 Å². The van der Waals surface area contributed by atoms with Crippen molar-refractivity contribution in [2.24, 2.45) is 0 Å². The molecular formula is C18H18Cl2N4O. The molecule has 1 aromatic heterocycles. The van der Waals surface area contributed by atoms with Crippen molar-refractivity contribution < 1.29 is 4.74 Å². The maximum atomic E-state index is 9.21. The maximum Gasteiger partial charge on any atom is 0.156 e. The van der Waals surface area contributed by atoms with Gasteiger partial charge in [-0.1, -0.05) is 29.3 Å². The van der Waals surface area contributed by atoms with Gasteiger partial charge < -0.3 is 9.64 Å². The van der Waals surface area contributed by atoms with E-state index in [0.29, 0.717) is 28.0 Å². The van der Waals surface area contributed by atoms with E-state index in [-0.39, 0.29) is 0 Å². The van der Waals surface area contributed by atoms with Gasteiger partial charge in [0.1, 0.15) is 18.5 Å². The average molecular weight is 377 g/mol. The van der Waals surface area contributed by atoms with Gasteiger partial charge in [0.2, 0.25) is 0 Å². The predicted octanol–water partition coefficient (Wildman–Crippen LogP) is 3.46. The molecule has 1 fully saturated rings. The molecule has 1 aliphatic rings. The van der Waals surface area contributed by atoms with E-state index in [2.05, 4.69) is 20.9 Å². The molecule has 2 heterocycles. The van der Waals surface area contributed by atoms with E-state index in [4.69, 9.17) is 27.9 Å². The second-order valence-electron chi connectivity index (χ2n) is 5.71. The Hall–Kier alpha value is -2.00. The Kier molecular flexibility index (Phi) is 5.98. The quantitative estimate of drug-likeness (QED) is 0.799. The van der Waals surface area contributed by atoms with Gasteiger partial charge in [-0.15, -0.1) is 0 Å². The highest BCUT2D eigenvalue weighted by atomic mass is 35.5. The van der Waals surface area contributed by atoms with Gasteiger partial charge in [-0.2, -0.15) is 5.26 Å². The van der Waals surface area contributed by atoms with Crippen molar-refractivity contribution in [1.82, 2.24) is 9.88 Å². The van der Waals surface area contributed by atoms with Crippen molar-refractivity contribution >= 4 is 29.0 Å². The zero-order valence-electron chi connectivity index (χ0n) is 13.7. The summed E-state index contributed by atoms with van der Waals surface area (Å²) in [6.45, 7) is 4.76. The lowest BCUT2D eigenvalue weighted by Crippen LogP contribution is -2.48. The smallest absolute Gasteiger partial charge is 0.156 e. The Balaban J connectivity index is 1.49. The number of rotatable bonds is 5. The van der Waals surface area contributed by atoms with Gasteiger partial charge in [0.15, 0.2) is 5.75 Å². The molecule has 0 atom stereocenters. The first-order valence-electron chi connectivity index (χ1n) is 8.08. The molecule has 0 amide bonds. The normalized spacial score (nSPS) is 15.0. The molecule has 0 aliphatic carbocycles. The number of ether oxygens (including phenoxy) is 1. The van der Waals surface area contributed by atoms with E-state index in [1.165, 1.54) is 0 Å². The molecule has 2 aromatic rings. The van der Waals surface area contributed by atoms with Crippen LogP contribution in [0.2, 0.25) is 10.0 Å². The van der Waals surface area contributed by atoms with Gasteiger partial charge >= 0.3 is 0 Å². The molecule has 0 N–H and O–H groups in total. The lowest BCUT2D eigenvalue weighted by molar-refractivity contribution is 0.200. The van der Waals surface area contributed by atoms with E-state index in [1.54, 1.807) is 36.5 Å². The Morgan fingerprint density at radius 2 is 1.80 bits per heavy atom. The van der Waals surface area contributed by atoms with Crippen molar-refractivity contribution in [1.29, 1.82) is 5.26 Å². The molecule has 0 bridgehead atoms. The molecule has 1 aromatic carbocycles. The number of para-hydroxylation sites is 1. The molecule has 0 saturated carbocycles. The summed E-state index contributed by atoms with van der Waals surface area (Å²) >= 11 is 12.2. The van der Waals surface area contributed by atoms with Crippen molar-refractivity contribution in [2.75, 3.05) is 44.2 Å². The Bertz CT molecular complexity index is 750. The second kappa shape index (κ2) is 8.39. The molecule has 0 radical (unpaired) electrons. The van der Waals surface area contributed by atoms with E-state index in [1.807, 2.05) is 0 Å². The number of halogens is 2. The molecular weight excluding hydrogens is 359 g/mol. The number of benzene rings is 1. The fraction of sp³-hybridized carbons (Fsp3) is 0.333. The van der Waals surface area contributed by atoms with E-state index >= 15 is 0 Å². The minimum absolute atomic E-state index is 0.524. The summed E-state index contributed by atoms with van der Waals surface area (Å²) in [6, 6.07) is 11.1. The highest BCUT2D eigenvalue weighted by Gasteiger charge is 2.20. The third-order valence-corrected chi connectivity index (χ3v) is 4.75. The second-order valence-corrected chi connectivity index (χ2v) is 6.53. The van der Waals surface area contributed by atoms with Crippen molar-refractivity contribution in [3.63, 3.8) is 0 Å². The van der Waals surface area contributed by atoms with Gasteiger partial charge in [0.05, 0.1) is 15.6 Å². The zero-order chi connectivity index (χ0) is 17.6.